The number of carbonyl (C=O) groups is 1. The van der Waals surface area contributed by atoms with Crippen molar-refractivity contribution in [3.05, 3.63) is 66.7 Å². The van der Waals surface area contributed by atoms with Crippen LogP contribution in [0, 0.1) is 0 Å². The molecule has 0 spiro atoms. The van der Waals surface area contributed by atoms with Gasteiger partial charge in [0.15, 0.2) is 12.4 Å². The quantitative estimate of drug-likeness (QED) is 0.527. The van der Waals surface area contributed by atoms with Gasteiger partial charge in [0.2, 0.25) is 5.82 Å². The molecule has 2 N–H and O–H groups in total. The summed E-state index contributed by atoms with van der Waals surface area (Å²) in [6.07, 6.45) is 2.11. The third kappa shape index (κ3) is 4.14. The number of fused-ring (bicyclic) bond motifs is 1. The van der Waals surface area contributed by atoms with Crippen LogP contribution in [0.15, 0.2) is 65.3 Å². The SMILES string of the molecule is O=C(COc1ccc2ccccc2c1)NCCc1nc(-c2ccco2)n[nH]1. The first-order valence-electron chi connectivity index (χ1n) is 8.61. The summed E-state index contributed by atoms with van der Waals surface area (Å²) >= 11 is 0. The Morgan fingerprint density at radius 1 is 1.11 bits per heavy atom. The number of H-pyrrole nitrogens is 1. The summed E-state index contributed by atoms with van der Waals surface area (Å²) in [6.45, 7) is 0.402. The highest BCUT2D eigenvalue weighted by Gasteiger charge is 2.09. The summed E-state index contributed by atoms with van der Waals surface area (Å²) in [5.41, 5.74) is 0. The summed E-state index contributed by atoms with van der Waals surface area (Å²) in [7, 11) is 0. The van der Waals surface area contributed by atoms with Crippen molar-refractivity contribution in [3.63, 3.8) is 0 Å². The molecule has 0 saturated heterocycles. The lowest BCUT2D eigenvalue weighted by Crippen LogP contribution is -2.30. The fourth-order valence-corrected chi connectivity index (χ4v) is 2.70. The van der Waals surface area contributed by atoms with Gasteiger partial charge in [-0.25, -0.2) is 4.98 Å². The highest BCUT2D eigenvalue weighted by molar-refractivity contribution is 5.84. The van der Waals surface area contributed by atoms with Crippen molar-refractivity contribution in [2.24, 2.45) is 0 Å². The number of nitrogens with zero attached hydrogens (tertiary/aromatic N) is 2. The molecule has 27 heavy (non-hydrogen) atoms. The maximum atomic E-state index is 12.0. The zero-order chi connectivity index (χ0) is 18.5. The van der Waals surface area contributed by atoms with Crippen molar-refractivity contribution in [3.8, 4) is 17.3 Å². The Balaban J connectivity index is 1.23. The van der Waals surface area contributed by atoms with Gasteiger partial charge in [-0.2, -0.15) is 5.10 Å². The second-order valence-electron chi connectivity index (χ2n) is 5.98. The number of amides is 1. The minimum Gasteiger partial charge on any atom is -0.484 e. The summed E-state index contributed by atoms with van der Waals surface area (Å²) in [4.78, 5) is 16.3. The molecule has 0 aliphatic rings. The van der Waals surface area contributed by atoms with Crippen LogP contribution in [0.25, 0.3) is 22.4 Å². The topological polar surface area (TPSA) is 93.0 Å². The lowest BCUT2D eigenvalue weighted by atomic mass is 10.1. The molecule has 0 radical (unpaired) electrons. The molecule has 0 aliphatic heterocycles. The number of ether oxygens (including phenoxy) is 1. The first kappa shape index (κ1) is 16.8. The Hall–Kier alpha value is -3.61. The number of aromatic nitrogens is 3. The summed E-state index contributed by atoms with van der Waals surface area (Å²) in [6, 6.07) is 17.3. The number of carbonyl (C=O) groups excluding carboxylic acids is 1. The van der Waals surface area contributed by atoms with Crippen LogP contribution in [0.1, 0.15) is 5.82 Å². The predicted octanol–water partition coefficient (Wildman–Crippen LogP) is 2.96. The molecule has 0 fully saturated rings. The van der Waals surface area contributed by atoms with Gasteiger partial charge in [0, 0.05) is 13.0 Å². The second kappa shape index (κ2) is 7.74. The van der Waals surface area contributed by atoms with Gasteiger partial charge in [-0.15, -0.1) is 0 Å². The van der Waals surface area contributed by atoms with Crippen molar-refractivity contribution >= 4 is 16.7 Å². The highest BCUT2D eigenvalue weighted by atomic mass is 16.5. The Morgan fingerprint density at radius 3 is 2.85 bits per heavy atom. The molecule has 1 amide bonds. The fourth-order valence-electron chi connectivity index (χ4n) is 2.70. The molecule has 4 aromatic rings. The van der Waals surface area contributed by atoms with Gasteiger partial charge in [0.25, 0.3) is 5.91 Å². The zero-order valence-electron chi connectivity index (χ0n) is 14.5. The van der Waals surface area contributed by atoms with Gasteiger partial charge in [0.05, 0.1) is 6.26 Å². The predicted molar refractivity (Wildman–Crippen MR) is 100 cm³/mol. The van der Waals surface area contributed by atoms with E-state index in [4.69, 9.17) is 9.15 Å². The maximum Gasteiger partial charge on any atom is 0.257 e. The number of furan rings is 1. The third-order valence-electron chi connectivity index (χ3n) is 4.05. The van der Waals surface area contributed by atoms with E-state index in [2.05, 4.69) is 20.5 Å². The highest BCUT2D eigenvalue weighted by Crippen LogP contribution is 2.20. The minimum atomic E-state index is -0.186. The van der Waals surface area contributed by atoms with Crippen LogP contribution in [-0.4, -0.2) is 34.2 Å². The Bertz CT molecular complexity index is 1040. The van der Waals surface area contributed by atoms with E-state index in [0.717, 1.165) is 10.8 Å². The standard InChI is InChI=1S/C20H18N4O3/c25-19(13-27-16-8-7-14-4-1-2-5-15(14)12-16)21-10-9-18-22-20(24-23-18)17-6-3-11-26-17/h1-8,11-12H,9-10,13H2,(H,21,25)(H,22,23,24). The molecular formula is C20H18N4O3. The van der Waals surface area contributed by atoms with Gasteiger partial charge in [-0.1, -0.05) is 30.3 Å². The van der Waals surface area contributed by atoms with Crippen molar-refractivity contribution < 1.29 is 13.9 Å². The molecule has 4 rings (SSSR count). The number of benzene rings is 2. The second-order valence-corrected chi connectivity index (χ2v) is 5.98. The number of hydrogen-bond acceptors (Lipinski definition) is 5. The zero-order valence-corrected chi connectivity index (χ0v) is 14.5. The fraction of sp³-hybridized carbons (Fsp3) is 0.150. The van der Waals surface area contributed by atoms with E-state index in [1.807, 2.05) is 42.5 Å². The molecule has 7 heteroatoms. The van der Waals surface area contributed by atoms with Crippen molar-refractivity contribution in [1.82, 2.24) is 20.5 Å². The Morgan fingerprint density at radius 2 is 2.00 bits per heavy atom. The van der Waals surface area contributed by atoms with E-state index < -0.39 is 0 Å². The number of hydrogen-bond donors (Lipinski definition) is 2. The van der Waals surface area contributed by atoms with Crippen LogP contribution in [0.2, 0.25) is 0 Å². The largest absolute Gasteiger partial charge is 0.484 e. The van der Waals surface area contributed by atoms with Gasteiger partial charge in [0.1, 0.15) is 11.6 Å². The number of nitrogens with one attached hydrogen (secondary N) is 2. The van der Waals surface area contributed by atoms with Crippen LogP contribution < -0.4 is 10.1 Å². The van der Waals surface area contributed by atoms with Crippen LogP contribution in [0.5, 0.6) is 5.75 Å². The normalized spacial score (nSPS) is 10.8. The molecule has 0 saturated carbocycles. The summed E-state index contributed by atoms with van der Waals surface area (Å²) in [5.74, 6) is 2.26. The first-order valence-corrected chi connectivity index (χ1v) is 8.61. The van der Waals surface area contributed by atoms with Gasteiger partial charge < -0.3 is 14.5 Å². The van der Waals surface area contributed by atoms with Gasteiger partial charge in [-0.05, 0) is 35.0 Å². The van der Waals surface area contributed by atoms with Gasteiger partial charge in [-0.3, -0.25) is 9.89 Å². The molecule has 0 aliphatic carbocycles. The molecule has 2 heterocycles. The van der Waals surface area contributed by atoms with E-state index in [0.29, 0.717) is 36.1 Å². The van der Waals surface area contributed by atoms with Crippen molar-refractivity contribution in [2.45, 2.75) is 6.42 Å². The lowest BCUT2D eigenvalue weighted by molar-refractivity contribution is -0.123. The molecule has 0 bridgehead atoms. The average Bonchev–Trinajstić information content (AvgIpc) is 3.38. The van der Waals surface area contributed by atoms with Gasteiger partial charge >= 0.3 is 0 Å². The summed E-state index contributed by atoms with van der Waals surface area (Å²) in [5, 5.41) is 11.9. The lowest BCUT2D eigenvalue weighted by Gasteiger charge is -2.08. The Kier molecular flexibility index (Phi) is 4.82. The molecule has 0 unspecified atom stereocenters. The third-order valence-corrected chi connectivity index (χ3v) is 4.05. The van der Waals surface area contributed by atoms with E-state index in [9.17, 15) is 4.79 Å². The smallest absolute Gasteiger partial charge is 0.257 e. The molecular weight excluding hydrogens is 344 g/mol. The number of aromatic amines is 1. The number of rotatable bonds is 7. The molecule has 7 nitrogen and oxygen atoms in total. The molecule has 0 atom stereocenters. The van der Waals surface area contributed by atoms with Crippen LogP contribution in [-0.2, 0) is 11.2 Å². The monoisotopic (exact) mass is 362 g/mol. The molecule has 2 aromatic heterocycles. The van der Waals surface area contributed by atoms with E-state index in [1.54, 1.807) is 18.4 Å². The maximum absolute atomic E-state index is 12.0. The van der Waals surface area contributed by atoms with Crippen LogP contribution in [0.3, 0.4) is 0 Å². The molecule has 136 valence electrons. The average molecular weight is 362 g/mol. The van der Waals surface area contributed by atoms with Crippen LogP contribution in [0.4, 0.5) is 0 Å². The molecule has 2 aromatic carbocycles. The van der Waals surface area contributed by atoms with E-state index in [-0.39, 0.29) is 12.5 Å². The first-order chi connectivity index (χ1) is 13.3. The van der Waals surface area contributed by atoms with Crippen LogP contribution >= 0.6 is 0 Å². The van der Waals surface area contributed by atoms with Crippen molar-refractivity contribution in [1.29, 1.82) is 0 Å². The van der Waals surface area contributed by atoms with E-state index in [1.165, 1.54) is 0 Å². The minimum absolute atomic E-state index is 0.0353. The summed E-state index contributed by atoms with van der Waals surface area (Å²) < 4.78 is 10.8. The van der Waals surface area contributed by atoms with Crippen molar-refractivity contribution in [2.75, 3.05) is 13.2 Å². The van der Waals surface area contributed by atoms with E-state index >= 15 is 0 Å². The Labute approximate surface area is 155 Å².